The molecule has 0 saturated heterocycles. The van der Waals surface area contributed by atoms with Gasteiger partial charge in [0.25, 0.3) is 5.91 Å². The Morgan fingerprint density at radius 3 is 2.09 bits per heavy atom. The van der Waals surface area contributed by atoms with Gasteiger partial charge in [0, 0.05) is 42.9 Å². The fourth-order valence-corrected chi connectivity index (χ4v) is 5.34. The molecule has 4 aromatic rings. The molecular weight excluding hydrogens is 559 g/mol. The molecule has 0 saturated carbocycles. The summed E-state index contributed by atoms with van der Waals surface area (Å²) in [6.45, 7) is 4.35. The normalized spacial score (nSPS) is 12.8. The lowest BCUT2D eigenvalue weighted by Crippen LogP contribution is -2.29. The van der Waals surface area contributed by atoms with Crippen LogP contribution >= 0.6 is 0 Å². The maximum Gasteiger partial charge on any atom is 0.308 e. The van der Waals surface area contributed by atoms with Gasteiger partial charge in [-0.05, 0) is 48.7 Å². The minimum atomic E-state index is -1.10. The van der Waals surface area contributed by atoms with E-state index in [9.17, 15) is 24.2 Å². The van der Waals surface area contributed by atoms with Crippen LogP contribution in [-0.4, -0.2) is 57.9 Å². The zero-order valence-corrected chi connectivity index (χ0v) is 25.5. The lowest BCUT2D eigenvalue weighted by atomic mass is 9.94. The van der Waals surface area contributed by atoms with Crippen molar-refractivity contribution in [1.82, 2.24) is 9.47 Å². The van der Waals surface area contributed by atoms with Gasteiger partial charge < -0.3 is 24.4 Å². The average molecular weight is 599 g/mol. The van der Waals surface area contributed by atoms with Crippen molar-refractivity contribution < 1.29 is 28.9 Å². The SMILES string of the molecule is COC(=O)C[C@H](O)C[C@H](O)/C=C/c1c(-c2ccc(F)cc2)c(-c2ccccc2)c(C(=O)N(C)Cc2ccccc2)n1C(C)C. The lowest BCUT2D eigenvalue weighted by Gasteiger charge is -2.22. The Balaban J connectivity index is 1.92. The topological polar surface area (TPSA) is 92.0 Å². The molecular formula is C36H39FN2O5. The summed E-state index contributed by atoms with van der Waals surface area (Å²) >= 11 is 0. The molecule has 8 heteroatoms. The largest absolute Gasteiger partial charge is 0.469 e. The first-order valence-electron chi connectivity index (χ1n) is 14.6. The number of amides is 1. The van der Waals surface area contributed by atoms with Crippen LogP contribution < -0.4 is 0 Å². The Morgan fingerprint density at radius 2 is 1.50 bits per heavy atom. The van der Waals surface area contributed by atoms with Crippen LogP contribution in [-0.2, 0) is 16.1 Å². The molecule has 0 aliphatic carbocycles. The van der Waals surface area contributed by atoms with Crippen molar-refractivity contribution in [1.29, 1.82) is 0 Å². The highest BCUT2D eigenvalue weighted by molar-refractivity contribution is 6.06. The highest BCUT2D eigenvalue weighted by Gasteiger charge is 2.31. The van der Waals surface area contributed by atoms with E-state index in [1.807, 2.05) is 79.1 Å². The number of benzene rings is 3. The van der Waals surface area contributed by atoms with Gasteiger partial charge in [-0.1, -0.05) is 78.9 Å². The number of carbonyl (C=O) groups is 2. The number of halogens is 1. The van der Waals surface area contributed by atoms with E-state index >= 15 is 0 Å². The Labute approximate surface area is 257 Å². The predicted octanol–water partition coefficient (Wildman–Crippen LogP) is 6.50. The lowest BCUT2D eigenvalue weighted by molar-refractivity contribution is -0.143. The second kappa shape index (κ2) is 14.8. The summed E-state index contributed by atoms with van der Waals surface area (Å²) < 4.78 is 20.7. The molecule has 3 aromatic carbocycles. The van der Waals surface area contributed by atoms with Crippen LogP contribution in [0.4, 0.5) is 4.39 Å². The second-order valence-corrected chi connectivity index (χ2v) is 11.1. The van der Waals surface area contributed by atoms with Crippen LogP contribution in [0.5, 0.6) is 0 Å². The Kier molecular flexibility index (Phi) is 10.9. The van der Waals surface area contributed by atoms with E-state index in [1.54, 1.807) is 36.2 Å². The predicted molar refractivity (Wildman–Crippen MR) is 170 cm³/mol. The van der Waals surface area contributed by atoms with E-state index < -0.39 is 18.2 Å². The van der Waals surface area contributed by atoms with Crippen molar-refractivity contribution in [3.8, 4) is 22.3 Å². The Bertz CT molecular complexity index is 1580. The number of hydrogen-bond donors (Lipinski definition) is 2. The first-order valence-corrected chi connectivity index (χ1v) is 14.6. The van der Waals surface area contributed by atoms with Crippen LogP contribution in [0.15, 0.2) is 91.0 Å². The maximum absolute atomic E-state index is 14.4. The monoisotopic (exact) mass is 598 g/mol. The molecule has 230 valence electrons. The van der Waals surface area contributed by atoms with Crippen molar-refractivity contribution >= 4 is 18.0 Å². The molecule has 7 nitrogen and oxygen atoms in total. The van der Waals surface area contributed by atoms with E-state index in [0.29, 0.717) is 34.6 Å². The average Bonchev–Trinajstić information content (AvgIpc) is 3.36. The summed E-state index contributed by atoms with van der Waals surface area (Å²) in [6.07, 6.45) is 0.754. The van der Waals surface area contributed by atoms with Crippen molar-refractivity contribution in [2.45, 2.75) is 51.5 Å². The molecule has 0 bridgehead atoms. The van der Waals surface area contributed by atoms with Gasteiger partial charge in [0.2, 0.25) is 0 Å². The minimum Gasteiger partial charge on any atom is -0.469 e. The van der Waals surface area contributed by atoms with Gasteiger partial charge in [-0.3, -0.25) is 9.59 Å². The number of ether oxygens (including phenoxy) is 1. The highest BCUT2D eigenvalue weighted by Crippen LogP contribution is 2.43. The van der Waals surface area contributed by atoms with E-state index in [1.165, 1.54) is 19.2 Å². The fraction of sp³-hybridized carbons (Fsp3) is 0.278. The molecule has 0 spiro atoms. The molecule has 0 radical (unpaired) electrons. The van der Waals surface area contributed by atoms with Crippen LogP contribution in [0.25, 0.3) is 28.3 Å². The second-order valence-electron chi connectivity index (χ2n) is 11.1. The molecule has 1 heterocycles. The van der Waals surface area contributed by atoms with E-state index in [0.717, 1.165) is 11.1 Å². The van der Waals surface area contributed by atoms with Gasteiger partial charge in [-0.15, -0.1) is 0 Å². The standard InChI is InChI=1S/C36H39FN2O5/c1-24(2)39-31(20-19-29(40)21-30(41)22-32(42)44-4)33(27-15-17-28(37)18-16-27)34(26-13-9-6-10-14-26)35(39)36(43)38(3)23-25-11-7-5-8-12-25/h5-20,24,29-30,40-41H,21-23H2,1-4H3/b20-19+/t29-,30-/m1/s1. The summed E-state index contributed by atoms with van der Waals surface area (Å²) in [6, 6.07) is 25.3. The summed E-state index contributed by atoms with van der Waals surface area (Å²) in [4.78, 5) is 27.7. The minimum absolute atomic E-state index is 0.0863. The number of aliphatic hydroxyl groups is 2. The Morgan fingerprint density at radius 1 is 0.909 bits per heavy atom. The van der Waals surface area contributed by atoms with Crippen LogP contribution in [0.3, 0.4) is 0 Å². The summed E-state index contributed by atoms with van der Waals surface area (Å²) in [5.74, 6) is -1.15. The number of aliphatic hydroxyl groups excluding tert-OH is 2. The molecule has 1 amide bonds. The van der Waals surface area contributed by atoms with Gasteiger partial charge in [0.05, 0.1) is 25.7 Å². The van der Waals surface area contributed by atoms with Gasteiger partial charge in [0.1, 0.15) is 11.5 Å². The molecule has 44 heavy (non-hydrogen) atoms. The third-order valence-corrected chi connectivity index (χ3v) is 7.39. The quantitative estimate of drug-likeness (QED) is 0.182. The molecule has 0 unspecified atom stereocenters. The van der Waals surface area contributed by atoms with Crippen LogP contribution in [0, 0.1) is 5.82 Å². The molecule has 2 atom stereocenters. The Hall–Kier alpha value is -4.53. The molecule has 0 aliphatic heterocycles. The summed E-state index contributed by atoms with van der Waals surface area (Å²) in [7, 11) is 3.00. The van der Waals surface area contributed by atoms with Crippen molar-refractivity contribution in [2.75, 3.05) is 14.2 Å². The number of methoxy groups -OCH3 is 1. The van der Waals surface area contributed by atoms with E-state index in [2.05, 4.69) is 4.74 Å². The third kappa shape index (κ3) is 7.70. The van der Waals surface area contributed by atoms with E-state index in [-0.39, 0.29) is 30.6 Å². The first-order chi connectivity index (χ1) is 21.1. The first kappa shape index (κ1) is 32.4. The van der Waals surface area contributed by atoms with Crippen molar-refractivity contribution in [2.24, 2.45) is 0 Å². The number of aromatic nitrogens is 1. The summed E-state index contributed by atoms with van der Waals surface area (Å²) in [5, 5.41) is 21.1. The number of rotatable bonds is 12. The third-order valence-electron chi connectivity index (χ3n) is 7.39. The number of esters is 1. The number of nitrogens with zero attached hydrogens (tertiary/aromatic N) is 2. The maximum atomic E-state index is 14.4. The van der Waals surface area contributed by atoms with E-state index in [4.69, 9.17) is 0 Å². The van der Waals surface area contributed by atoms with Crippen LogP contribution in [0.2, 0.25) is 0 Å². The molecule has 1 aromatic heterocycles. The zero-order valence-electron chi connectivity index (χ0n) is 25.5. The van der Waals surface area contributed by atoms with Crippen molar-refractivity contribution in [3.63, 3.8) is 0 Å². The van der Waals surface area contributed by atoms with Gasteiger partial charge in [-0.25, -0.2) is 4.39 Å². The zero-order chi connectivity index (χ0) is 31.8. The van der Waals surface area contributed by atoms with Gasteiger partial charge in [-0.2, -0.15) is 0 Å². The number of hydrogen-bond acceptors (Lipinski definition) is 5. The highest BCUT2D eigenvalue weighted by atomic mass is 19.1. The molecule has 0 fully saturated rings. The van der Waals surface area contributed by atoms with Gasteiger partial charge in [0.15, 0.2) is 0 Å². The molecule has 0 aliphatic rings. The fourth-order valence-electron chi connectivity index (χ4n) is 5.34. The number of carbonyl (C=O) groups excluding carboxylic acids is 2. The molecule has 4 rings (SSSR count). The molecule has 2 N–H and O–H groups in total. The van der Waals surface area contributed by atoms with Crippen molar-refractivity contribution in [3.05, 3.63) is 114 Å². The smallest absolute Gasteiger partial charge is 0.308 e. The van der Waals surface area contributed by atoms with Crippen LogP contribution in [0.1, 0.15) is 54.5 Å². The van der Waals surface area contributed by atoms with Gasteiger partial charge >= 0.3 is 5.97 Å². The summed E-state index contributed by atoms with van der Waals surface area (Å²) in [5.41, 5.74) is 5.00.